The molecule has 1 unspecified atom stereocenters. The van der Waals surface area contributed by atoms with Crippen molar-refractivity contribution in [2.75, 3.05) is 7.05 Å². The lowest BCUT2D eigenvalue weighted by atomic mass is 10.2. The summed E-state index contributed by atoms with van der Waals surface area (Å²) in [4.78, 5) is 20.1. The molecule has 6 nitrogen and oxygen atoms in total. The van der Waals surface area contributed by atoms with Crippen LogP contribution in [0.2, 0.25) is 5.02 Å². The molecule has 0 aliphatic carbocycles. The highest BCUT2D eigenvalue weighted by molar-refractivity contribution is 7.11. The molecule has 0 saturated heterocycles. The third-order valence-electron chi connectivity index (χ3n) is 4.25. The van der Waals surface area contributed by atoms with E-state index in [1.54, 1.807) is 34.2 Å². The Bertz CT molecular complexity index is 918. The highest BCUT2D eigenvalue weighted by Crippen LogP contribution is 2.26. The van der Waals surface area contributed by atoms with E-state index in [9.17, 15) is 4.79 Å². The molecule has 1 amide bonds. The van der Waals surface area contributed by atoms with Crippen LogP contribution in [0.1, 0.15) is 44.6 Å². The lowest BCUT2D eigenvalue weighted by Crippen LogP contribution is -2.30. The monoisotopic (exact) mass is 389 g/mol. The second-order valence-electron chi connectivity index (χ2n) is 6.19. The normalized spacial score (nSPS) is 12.2. The smallest absolute Gasteiger partial charge is 0.276 e. The molecule has 0 saturated carbocycles. The molecule has 1 atom stereocenters. The number of hydrogen-bond acceptors (Lipinski definition) is 5. The molecule has 1 aromatic carbocycles. The maximum Gasteiger partial charge on any atom is 0.276 e. The molecule has 0 aliphatic rings. The van der Waals surface area contributed by atoms with Crippen molar-refractivity contribution in [3.63, 3.8) is 0 Å². The fourth-order valence-corrected chi connectivity index (χ4v) is 3.76. The third kappa shape index (κ3) is 3.94. The van der Waals surface area contributed by atoms with Gasteiger partial charge >= 0.3 is 0 Å². The Morgan fingerprint density at radius 1 is 1.31 bits per heavy atom. The Morgan fingerprint density at radius 3 is 2.62 bits per heavy atom. The van der Waals surface area contributed by atoms with E-state index in [2.05, 4.69) is 15.3 Å². The van der Waals surface area contributed by atoms with Crippen LogP contribution in [0.25, 0.3) is 0 Å². The molecule has 0 radical (unpaired) electrons. The number of hydrogen-bond donors (Lipinski definition) is 0. The van der Waals surface area contributed by atoms with Crippen molar-refractivity contribution in [1.29, 1.82) is 0 Å². The van der Waals surface area contributed by atoms with Crippen LogP contribution in [0.4, 0.5) is 0 Å². The lowest BCUT2D eigenvalue weighted by Gasteiger charge is -2.23. The molecule has 136 valence electrons. The SMILES string of the molecule is Cc1nc(C(C)N(C)C(=O)c2cn(Cc3ccc(Cl)cc3)nn2)c(C)s1. The number of aryl methyl sites for hydroxylation is 2. The molecule has 0 spiro atoms. The van der Waals surface area contributed by atoms with Gasteiger partial charge in [0.25, 0.3) is 5.91 Å². The van der Waals surface area contributed by atoms with Crippen molar-refractivity contribution in [3.8, 4) is 0 Å². The van der Waals surface area contributed by atoms with E-state index in [0.717, 1.165) is 21.1 Å². The zero-order valence-electron chi connectivity index (χ0n) is 15.1. The van der Waals surface area contributed by atoms with Crippen LogP contribution in [-0.4, -0.2) is 37.8 Å². The van der Waals surface area contributed by atoms with Gasteiger partial charge < -0.3 is 4.90 Å². The second-order valence-corrected chi connectivity index (χ2v) is 8.04. The summed E-state index contributed by atoms with van der Waals surface area (Å²) < 4.78 is 1.65. The number of amides is 1. The van der Waals surface area contributed by atoms with Gasteiger partial charge in [-0.3, -0.25) is 4.79 Å². The molecule has 3 aromatic rings. The van der Waals surface area contributed by atoms with E-state index in [4.69, 9.17) is 11.6 Å². The van der Waals surface area contributed by atoms with Crippen molar-refractivity contribution >= 4 is 28.8 Å². The van der Waals surface area contributed by atoms with E-state index in [-0.39, 0.29) is 11.9 Å². The van der Waals surface area contributed by atoms with E-state index < -0.39 is 0 Å². The molecule has 26 heavy (non-hydrogen) atoms. The first-order valence-electron chi connectivity index (χ1n) is 8.21. The van der Waals surface area contributed by atoms with Gasteiger partial charge in [0.1, 0.15) is 0 Å². The van der Waals surface area contributed by atoms with Gasteiger partial charge in [0.15, 0.2) is 5.69 Å². The van der Waals surface area contributed by atoms with E-state index >= 15 is 0 Å². The molecular formula is C18H20ClN5OS. The van der Waals surface area contributed by atoms with Crippen LogP contribution < -0.4 is 0 Å². The maximum atomic E-state index is 12.8. The third-order valence-corrected chi connectivity index (χ3v) is 5.41. The summed E-state index contributed by atoms with van der Waals surface area (Å²) in [6.45, 7) is 6.49. The van der Waals surface area contributed by atoms with Crippen molar-refractivity contribution < 1.29 is 4.79 Å². The van der Waals surface area contributed by atoms with Gasteiger partial charge in [-0.05, 0) is 38.5 Å². The Balaban J connectivity index is 1.72. The average molecular weight is 390 g/mol. The Morgan fingerprint density at radius 2 is 2.00 bits per heavy atom. The molecule has 0 fully saturated rings. The quantitative estimate of drug-likeness (QED) is 0.664. The van der Waals surface area contributed by atoms with Crippen LogP contribution in [-0.2, 0) is 6.54 Å². The van der Waals surface area contributed by atoms with Gasteiger partial charge in [0.05, 0.1) is 29.5 Å². The molecule has 3 rings (SSSR count). The van der Waals surface area contributed by atoms with Crippen LogP contribution in [0, 0.1) is 13.8 Å². The standard InChI is InChI=1S/C18H20ClN5OS/c1-11(17-12(2)26-13(3)20-17)23(4)18(25)16-10-24(22-21-16)9-14-5-7-15(19)8-6-14/h5-8,10-11H,9H2,1-4H3. The molecular weight excluding hydrogens is 370 g/mol. The maximum absolute atomic E-state index is 12.8. The van der Waals surface area contributed by atoms with Crippen molar-refractivity contribution in [2.24, 2.45) is 0 Å². The zero-order chi connectivity index (χ0) is 18.8. The first-order valence-corrected chi connectivity index (χ1v) is 9.40. The highest BCUT2D eigenvalue weighted by atomic mass is 35.5. The number of carbonyl (C=O) groups is 1. The summed E-state index contributed by atoms with van der Waals surface area (Å²) >= 11 is 7.54. The van der Waals surface area contributed by atoms with Gasteiger partial charge in [-0.15, -0.1) is 16.4 Å². The minimum absolute atomic E-state index is 0.131. The minimum Gasteiger partial charge on any atom is -0.332 e. The molecule has 0 N–H and O–H groups in total. The number of aromatic nitrogens is 4. The zero-order valence-corrected chi connectivity index (χ0v) is 16.7. The number of carbonyl (C=O) groups excluding carboxylic acids is 1. The Labute approximate surface area is 161 Å². The average Bonchev–Trinajstić information content (AvgIpc) is 3.21. The van der Waals surface area contributed by atoms with Crippen molar-refractivity contribution in [1.82, 2.24) is 24.9 Å². The van der Waals surface area contributed by atoms with Crippen LogP contribution in [0.15, 0.2) is 30.5 Å². The van der Waals surface area contributed by atoms with E-state index in [1.807, 2.05) is 45.0 Å². The van der Waals surface area contributed by atoms with Gasteiger partial charge in [-0.1, -0.05) is 28.9 Å². The fraction of sp³-hybridized carbons (Fsp3) is 0.333. The number of halogens is 1. The molecule has 0 bridgehead atoms. The molecule has 8 heteroatoms. The van der Waals surface area contributed by atoms with E-state index in [1.165, 1.54) is 0 Å². The predicted octanol–water partition coefficient (Wildman–Crippen LogP) is 3.89. The van der Waals surface area contributed by atoms with E-state index in [0.29, 0.717) is 17.3 Å². The number of thiazole rings is 1. The molecule has 2 aromatic heterocycles. The highest BCUT2D eigenvalue weighted by Gasteiger charge is 2.24. The summed E-state index contributed by atoms with van der Waals surface area (Å²) in [5.74, 6) is -0.176. The second kappa shape index (κ2) is 7.55. The number of nitrogens with zero attached hydrogens (tertiary/aromatic N) is 5. The summed E-state index contributed by atoms with van der Waals surface area (Å²) in [7, 11) is 1.76. The van der Waals surface area contributed by atoms with Crippen LogP contribution in [0.5, 0.6) is 0 Å². The first-order chi connectivity index (χ1) is 12.3. The van der Waals surface area contributed by atoms with Crippen molar-refractivity contribution in [2.45, 2.75) is 33.4 Å². The van der Waals surface area contributed by atoms with Crippen molar-refractivity contribution in [3.05, 3.63) is 62.3 Å². The predicted molar refractivity (Wildman–Crippen MR) is 103 cm³/mol. The minimum atomic E-state index is -0.176. The number of rotatable bonds is 5. The van der Waals surface area contributed by atoms with Gasteiger partial charge in [0.2, 0.25) is 0 Å². The van der Waals surface area contributed by atoms with Gasteiger partial charge in [0, 0.05) is 16.9 Å². The Hall–Kier alpha value is -2.25. The molecule has 0 aliphatic heterocycles. The molecule has 2 heterocycles. The van der Waals surface area contributed by atoms with Gasteiger partial charge in [-0.25, -0.2) is 9.67 Å². The van der Waals surface area contributed by atoms with Crippen LogP contribution in [0.3, 0.4) is 0 Å². The lowest BCUT2D eigenvalue weighted by molar-refractivity contribution is 0.0733. The fourth-order valence-electron chi connectivity index (χ4n) is 2.72. The topological polar surface area (TPSA) is 63.9 Å². The van der Waals surface area contributed by atoms with Gasteiger partial charge in [-0.2, -0.15) is 0 Å². The largest absolute Gasteiger partial charge is 0.332 e. The Kier molecular flexibility index (Phi) is 5.38. The summed E-state index contributed by atoms with van der Waals surface area (Å²) in [6, 6.07) is 7.37. The summed E-state index contributed by atoms with van der Waals surface area (Å²) in [6.07, 6.45) is 1.67. The summed E-state index contributed by atoms with van der Waals surface area (Å²) in [5, 5.41) is 9.78. The summed E-state index contributed by atoms with van der Waals surface area (Å²) in [5.41, 5.74) is 2.28. The number of benzene rings is 1. The van der Waals surface area contributed by atoms with Crippen LogP contribution >= 0.6 is 22.9 Å². The first kappa shape index (κ1) is 18.5.